The average Bonchev–Trinajstić information content (AvgIpc) is 3.17. The van der Waals surface area contributed by atoms with Gasteiger partial charge in [0.2, 0.25) is 0 Å². The van der Waals surface area contributed by atoms with Gasteiger partial charge in [0.1, 0.15) is 18.3 Å². The summed E-state index contributed by atoms with van der Waals surface area (Å²) in [4.78, 5) is 3.99. The van der Waals surface area contributed by atoms with Crippen molar-refractivity contribution in [3.63, 3.8) is 0 Å². The number of benzene rings is 1. The molecule has 132 valence electrons. The highest BCUT2D eigenvalue weighted by Crippen LogP contribution is 2.42. The van der Waals surface area contributed by atoms with E-state index in [0.717, 1.165) is 23.7 Å². The van der Waals surface area contributed by atoms with Crippen molar-refractivity contribution < 1.29 is 18.3 Å². The summed E-state index contributed by atoms with van der Waals surface area (Å²) in [5.74, 6) is 0. The molecule has 0 bridgehead atoms. The fourth-order valence-electron chi connectivity index (χ4n) is 2.29. The van der Waals surface area contributed by atoms with Gasteiger partial charge in [-0.15, -0.1) is 0 Å². The molecule has 1 unspecified atom stereocenters. The Bertz CT molecular complexity index is 867. The molecule has 3 aromatic rings. The Hall–Kier alpha value is -1.68. The lowest BCUT2D eigenvalue weighted by atomic mass is 9.91. The highest BCUT2D eigenvalue weighted by Gasteiger charge is 2.39. The first kappa shape index (κ1) is 18.1. The number of hydrogen-bond acceptors (Lipinski definition) is 5. The molecule has 1 N–H and O–H groups in total. The second kappa shape index (κ2) is 6.56. The quantitative estimate of drug-likeness (QED) is 0.708. The zero-order valence-electron chi connectivity index (χ0n) is 12.2. The van der Waals surface area contributed by atoms with Gasteiger partial charge in [-0.25, -0.2) is 9.67 Å². The number of nitrogens with zero attached hydrogens (tertiary/aromatic N) is 4. The highest BCUT2D eigenvalue weighted by molar-refractivity contribution is 7.07. The van der Waals surface area contributed by atoms with Gasteiger partial charge in [0.15, 0.2) is 5.15 Å². The van der Waals surface area contributed by atoms with Gasteiger partial charge in [-0.1, -0.05) is 35.3 Å². The zero-order valence-corrected chi connectivity index (χ0v) is 14.5. The lowest BCUT2D eigenvalue weighted by Gasteiger charge is -2.27. The molecule has 0 spiro atoms. The molecule has 0 saturated heterocycles. The molecule has 25 heavy (non-hydrogen) atoms. The summed E-state index contributed by atoms with van der Waals surface area (Å²) in [6, 6.07) is 4.14. The molecule has 1 aromatic carbocycles. The average molecular weight is 409 g/mol. The maximum Gasteiger partial charge on any atom is 0.416 e. The van der Waals surface area contributed by atoms with Crippen LogP contribution in [-0.4, -0.2) is 24.2 Å². The number of aromatic nitrogens is 4. The highest BCUT2D eigenvalue weighted by atomic mass is 35.5. The van der Waals surface area contributed by atoms with E-state index in [1.165, 1.54) is 29.5 Å². The van der Waals surface area contributed by atoms with Crippen LogP contribution < -0.4 is 0 Å². The van der Waals surface area contributed by atoms with Gasteiger partial charge in [0.25, 0.3) is 0 Å². The molecule has 2 aromatic heterocycles. The third kappa shape index (κ3) is 3.50. The molecule has 0 aliphatic carbocycles. The summed E-state index contributed by atoms with van der Waals surface area (Å²) in [6.45, 7) is -0.128. The molecule has 11 heteroatoms. The third-order valence-corrected chi connectivity index (χ3v) is 5.47. The van der Waals surface area contributed by atoms with Gasteiger partial charge in [0, 0.05) is 0 Å². The van der Waals surface area contributed by atoms with E-state index in [1.807, 2.05) is 0 Å². The van der Waals surface area contributed by atoms with E-state index in [-0.39, 0.29) is 27.2 Å². The van der Waals surface area contributed by atoms with Crippen LogP contribution >= 0.6 is 34.7 Å². The molecule has 1 atom stereocenters. The van der Waals surface area contributed by atoms with Gasteiger partial charge >= 0.3 is 6.18 Å². The van der Waals surface area contributed by atoms with Gasteiger partial charge in [-0.2, -0.15) is 22.6 Å². The maximum atomic E-state index is 12.8. The maximum absolute atomic E-state index is 12.8. The third-order valence-electron chi connectivity index (χ3n) is 3.52. The molecule has 0 aliphatic rings. The van der Waals surface area contributed by atoms with E-state index in [2.05, 4.69) is 14.5 Å². The van der Waals surface area contributed by atoms with Gasteiger partial charge in [-0.3, -0.25) is 0 Å². The summed E-state index contributed by atoms with van der Waals surface area (Å²) in [7, 11) is 0. The standard InChI is InChI=1S/C14H9Cl2F3N4OS/c15-10-11(25-22-12(10)16)13(24,5-23-7-20-6-21-23)8-1-3-9(4-2-8)14(17,18)19/h1-4,6-7,24H,5H2. The van der Waals surface area contributed by atoms with Crippen LogP contribution in [0.15, 0.2) is 36.9 Å². The summed E-state index contributed by atoms with van der Waals surface area (Å²) in [6.07, 6.45) is -1.84. The van der Waals surface area contributed by atoms with Crippen molar-refractivity contribution in [3.05, 3.63) is 63.1 Å². The van der Waals surface area contributed by atoms with Crippen LogP contribution in [0.3, 0.4) is 0 Å². The molecule has 5 nitrogen and oxygen atoms in total. The fourth-order valence-corrected chi connectivity index (χ4v) is 3.67. The fraction of sp³-hybridized carbons (Fsp3) is 0.214. The molecule has 0 aliphatic heterocycles. The van der Waals surface area contributed by atoms with Gasteiger partial charge < -0.3 is 5.11 Å². The first-order chi connectivity index (χ1) is 11.7. The minimum atomic E-state index is -4.48. The van der Waals surface area contributed by atoms with Crippen LogP contribution in [0.25, 0.3) is 0 Å². The second-order valence-corrected chi connectivity index (χ2v) is 6.65. The summed E-state index contributed by atoms with van der Waals surface area (Å²) in [5.41, 5.74) is -2.41. The Morgan fingerprint density at radius 1 is 1.12 bits per heavy atom. The number of halogens is 5. The first-order valence-corrected chi connectivity index (χ1v) is 8.28. The zero-order chi connectivity index (χ0) is 18.2. The van der Waals surface area contributed by atoms with Crippen molar-refractivity contribution in [3.8, 4) is 0 Å². The van der Waals surface area contributed by atoms with Crippen LogP contribution in [0.4, 0.5) is 13.2 Å². The minimum absolute atomic E-state index is 0.00518. The SMILES string of the molecule is OC(Cn1cncn1)(c1ccc(C(F)(F)F)cc1)c1snc(Cl)c1Cl. The number of rotatable bonds is 4. The normalized spacial score (nSPS) is 14.5. The second-order valence-electron chi connectivity index (χ2n) is 5.14. The van der Waals surface area contributed by atoms with Crippen molar-refractivity contribution in [1.82, 2.24) is 19.1 Å². The molecule has 0 amide bonds. The van der Waals surface area contributed by atoms with Crippen molar-refractivity contribution in [2.75, 3.05) is 0 Å². The van der Waals surface area contributed by atoms with Gasteiger partial charge in [0.05, 0.1) is 22.0 Å². The lowest BCUT2D eigenvalue weighted by Crippen LogP contribution is -2.32. The van der Waals surface area contributed by atoms with Crippen LogP contribution in [-0.2, 0) is 18.3 Å². The van der Waals surface area contributed by atoms with Crippen LogP contribution in [0.2, 0.25) is 10.2 Å². The van der Waals surface area contributed by atoms with Crippen molar-refractivity contribution >= 4 is 34.7 Å². The Balaban J connectivity index is 2.09. The number of aliphatic hydroxyl groups is 1. The van der Waals surface area contributed by atoms with Gasteiger partial charge in [-0.05, 0) is 29.2 Å². The smallest absolute Gasteiger partial charge is 0.377 e. The van der Waals surface area contributed by atoms with Crippen molar-refractivity contribution in [2.24, 2.45) is 0 Å². The molecule has 0 fully saturated rings. The van der Waals surface area contributed by atoms with E-state index in [0.29, 0.717) is 0 Å². The minimum Gasteiger partial charge on any atom is -0.377 e. The van der Waals surface area contributed by atoms with Crippen LogP contribution in [0.1, 0.15) is 16.0 Å². The molecule has 0 radical (unpaired) electrons. The van der Waals surface area contributed by atoms with E-state index < -0.39 is 17.3 Å². The number of alkyl halides is 3. The molecular formula is C14H9Cl2F3N4OS. The monoisotopic (exact) mass is 408 g/mol. The molecule has 3 rings (SSSR count). The van der Waals surface area contributed by atoms with Crippen LogP contribution in [0.5, 0.6) is 0 Å². The van der Waals surface area contributed by atoms with E-state index in [1.54, 1.807) is 0 Å². The van der Waals surface area contributed by atoms with E-state index in [9.17, 15) is 18.3 Å². The topological polar surface area (TPSA) is 63.8 Å². The largest absolute Gasteiger partial charge is 0.416 e. The Morgan fingerprint density at radius 2 is 1.76 bits per heavy atom. The summed E-state index contributed by atoms with van der Waals surface area (Å²) >= 11 is 12.8. The van der Waals surface area contributed by atoms with E-state index in [4.69, 9.17) is 23.2 Å². The first-order valence-electron chi connectivity index (χ1n) is 6.75. The molecule has 2 heterocycles. The number of hydrogen-bond donors (Lipinski definition) is 1. The molecular weight excluding hydrogens is 400 g/mol. The Kier molecular flexibility index (Phi) is 4.76. The predicted molar refractivity (Wildman–Crippen MR) is 86.6 cm³/mol. The molecule has 0 saturated carbocycles. The lowest BCUT2D eigenvalue weighted by molar-refractivity contribution is -0.137. The Labute approximate surface area is 153 Å². The predicted octanol–water partition coefficient (Wildman–Crippen LogP) is 4.00. The van der Waals surface area contributed by atoms with E-state index >= 15 is 0 Å². The van der Waals surface area contributed by atoms with Crippen LogP contribution in [0, 0.1) is 0 Å². The summed E-state index contributed by atoms with van der Waals surface area (Å²) in [5, 5.41) is 15.2. The van der Waals surface area contributed by atoms with Crippen molar-refractivity contribution in [1.29, 1.82) is 0 Å². The summed E-state index contributed by atoms with van der Waals surface area (Å²) < 4.78 is 43.6. The van der Waals surface area contributed by atoms with Crippen molar-refractivity contribution in [2.45, 2.75) is 18.3 Å². The Morgan fingerprint density at radius 3 is 2.24 bits per heavy atom.